The number of methoxy groups -OCH3 is 1. The van der Waals surface area contributed by atoms with Crippen LogP contribution in [0.15, 0.2) is 30.4 Å². The molecule has 3 heterocycles. The molecule has 2 saturated heterocycles. The average molecular weight is 338 g/mol. The number of carbonyl (C=O) groups excluding carboxylic acids is 2. The van der Waals surface area contributed by atoms with E-state index in [1.165, 1.54) is 24.1 Å². The van der Waals surface area contributed by atoms with Crippen LogP contribution < -0.4 is 4.90 Å². The lowest BCUT2D eigenvalue weighted by molar-refractivity contribution is -0.149. The van der Waals surface area contributed by atoms with Gasteiger partial charge in [0.1, 0.15) is 17.3 Å². The van der Waals surface area contributed by atoms with Gasteiger partial charge in [0, 0.05) is 5.69 Å². The van der Waals surface area contributed by atoms with Gasteiger partial charge in [0.2, 0.25) is 5.91 Å². The van der Waals surface area contributed by atoms with E-state index < -0.39 is 35.3 Å². The first-order valence-electron chi connectivity index (χ1n) is 7.18. The highest BCUT2D eigenvalue weighted by molar-refractivity contribution is 6.30. The number of rotatable bonds is 2. The molecule has 7 heteroatoms. The van der Waals surface area contributed by atoms with Gasteiger partial charge < -0.3 is 14.4 Å². The molecule has 0 N–H and O–H groups in total. The zero-order valence-corrected chi connectivity index (χ0v) is 12.9. The van der Waals surface area contributed by atoms with Gasteiger partial charge in [-0.2, -0.15) is 0 Å². The van der Waals surface area contributed by atoms with Crippen molar-refractivity contribution in [1.82, 2.24) is 0 Å². The van der Waals surface area contributed by atoms with E-state index in [1.807, 2.05) is 6.08 Å². The number of benzene rings is 1. The van der Waals surface area contributed by atoms with Crippen LogP contribution in [0.2, 0.25) is 5.02 Å². The lowest BCUT2D eigenvalue weighted by Gasteiger charge is -2.22. The summed E-state index contributed by atoms with van der Waals surface area (Å²) in [6.07, 6.45) is 3.17. The van der Waals surface area contributed by atoms with Crippen LogP contribution in [0, 0.1) is 17.7 Å². The number of nitrogens with zero attached hydrogens (tertiary/aromatic N) is 1. The molecule has 23 heavy (non-hydrogen) atoms. The topological polar surface area (TPSA) is 55.8 Å². The molecule has 3 aliphatic heterocycles. The summed E-state index contributed by atoms with van der Waals surface area (Å²) in [5.41, 5.74) is -0.457. The first-order valence-corrected chi connectivity index (χ1v) is 7.56. The number of amides is 1. The van der Waals surface area contributed by atoms with Crippen LogP contribution in [0.1, 0.15) is 0 Å². The molecular formula is C16H13ClFNO4. The Morgan fingerprint density at radius 3 is 3.00 bits per heavy atom. The lowest BCUT2D eigenvalue weighted by Crippen LogP contribution is -2.39. The summed E-state index contributed by atoms with van der Waals surface area (Å²) in [4.78, 5) is 26.3. The fourth-order valence-electron chi connectivity index (χ4n) is 3.77. The molecule has 1 amide bonds. The van der Waals surface area contributed by atoms with Gasteiger partial charge in [-0.3, -0.25) is 9.59 Å². The van der Waals surface area contributed by atoms with Crippen LogP contribution in [-0.2, 0) is 19.1 Å². The van der Waals surface area contributed by atoms with Crippen molar-refractivity contribution in [2.45, 2.75) is 11.7 Å². The van der Waals surface area contributed by atoms with Gasteiger partial charge in [0.05, 0.1) is 30.7 Å². The molecule has 4 atom stereocenters. The van der Waals surface area contributed by atoms with Crippen LogP contribution in [0.3, 0.4) is 0 Å². The third-order valence-corrected chi connectivity index (χ3v) is 5.10. The van der Waals surface area contributed by atoms with Crippen molar-refractivity contribution in [2.75, 3.05) is 18.6 Å². The highest BCUT2D eigenvalue weighted by Gasteiger charge is 2.67. The van der Waals surface area contributed by atoms with E-state index in [1.54, 1.807) is 12.1 Å². The molecule has 1 aromatic rings. The van der Waals surface area contributed by atoms with E-state index in [0.29, 0.717) is 5.69 Å². The SMILES string of the molecule is COC(=O)[C@@H]1[C@@H]2C=C[C@]3(CN(c4ccc(Cl)c(F)c4)C(=O)[C@H]13)O2. The number of halogens is 2. The van der Waals surface area contributed by atoms with Gasteiger partial charge in [-0.25, -0.2) is 4.39 Å². The Bertz CT molecular complexity index is 752. The Balaban J connectivity index is 1.73. The minimum Gasteiger partial charge on any atom is -0.469 e. The molecule has 4 rings (SSSR count). The molecule has 5 nitrogen and oxygen atoms in total. The van der Waals surface area contributed by atoms with E-state index in [2.05, 4.69) is 0 Å². The van der Waals surface area contributed by atoms with Gasteiger partial charge in [-0.05, 0) is 18.2 Å². The summed E-state index contributed by atoms with van der Waals surface area (Å²) < 4.78 is 24.4. The van der Waals surface area contributed by atoms with Crippen molar-refractivity contribution in [1.29, 1.82) is 0 Å². The zero-order valence-electron chi connectivity index (χ0n) is 12.2. The number of esters is 1. The highest BCUT2D eigenvalue weighted by Crippen LogP contribution is 2.52. The van der Waals surface area contributed by atoms with Crippen molar-refractivity contribution in [3.63, 3.8) is 0 Å². The maximum Gasteiger partial charge on any atom is 0.312 e. The summed E-state index contributed by atoms with van der Waals surface area (Å²) >= 11 is 5.69. The number of fused-ring (bicyclic) bond motifs is 1. The molecular weight excluding hydrogens is 325 g/mol. The van der Waals surface area contributed by atoms with Gasteiger partial charge in [0.25, 0.3) is 0 Å². The summed E-state index contributed by atoms with van der Waals surface area (Å²) in [7, 11) is 1.29. The van der Waals surface area contributed by atoms with Crippen LogP contribution in [-0.4, -0.2) is 37.2 Å². The molecule has 0 aliphatic carbocycles. The van der Waals surface area contributed by atoms with E-state index in [9.17, 15) is 14.0 Å². The van der Waals surface area contributed by atoms with Gasteiger partial charge >= 0.3 is 5.97 Å². The monoisotopic (exact) mass is 337 g/mol. The van der Waals surface area contributed by atoms with Crippen LogP contribution >= 0.6 is 11.6 Å². The van der Waals surface area contributed by atoms with Gasteiger partial charge in [-0.15, -0.1) is 0 Å². The fourth-order valence-corrected chi connectivity index (χ4v) is 3.89. The average Bonchev–Trinajstić information content (AvgIpc) is 3.18. The van der Waals surface area contributed by atoms with Crippen LogP contribution in [0.5, 0.6) is 0 Å². The molecule has 0 radical (unpaired) electrons. The van der Waals surface area contributed by atoms with Crippen LogP contribution in [0.25, 0.3) is 0 Å². The Hall–Kier alpha value is -1.92. The Labute approximate surface area is 136 Å². The van der Waals surface area contributed by atoms with Crippen LogP contribution in [0.4, 0.5) is 10.1 Å². The van der Waals surface area contributed by atoms with Crippen molar-refractivity contribution in [3.05, 3.63) is 41.2 Å². The second kappa shape index (κ2) is 4.79. The third kappa shape index (κ3) is 1.88. The molecule has 0 saturated carbocycles. The molecule has 1 aromatic carbocycles. The first kappa shape index (κ1) is 14.7. The first-order chi connectivity index (χ1) is 11.0. The fraction of sp³-hybridized carbons (Fsp3) is 0.375. The van der Waals surface area contributed by atoms with E-state index >= 15 is 0 Å². The molecule has 1 spiro atoms. The normalized spacial score (nSPS) is 34.1. The minimum atomic E-state index is -0.850. The molecule has 2 fully saturated rings. The quantitative estimate of drug-likeness (QED) is 0.611. The smallest absolute Gasteiger partial charge is 0.312 e. The van der Waals surface area contributed by atoms with E-state index in [4.69, 9.17) is 21.1 Å². The third-order valence-electron chi connectivity index (χ3n) is 4.79. The maximum atomic E-state index is 13.7. The number of hydrogen-bond acceptors (Lipinski definition) is 4. The van der Waals surface area contributed by atoms with E-state index in [0.717, 1.165) is 0 Å². The van der Waals surface area contributed by atoms with Gasteiger partial charge in [0.15, 0.2) is 0 Å². The highest BCUT2D eigenvalue weighted by atomic mass is 35.5. The Morgan fingerprint density at radius 1 is 1.52 bits per heavy atom. The molecule has 120 valence electrons. The van der Waals surface area contributed by atoms with Crippen molar-refractivity contribution < 1.29 is 23.5 Å². The number of ether oxygens (including phenoxy) is 2. The molecule has 0 unspecified atom stereocenters. The lowest BCUT2D eigenvalue weighted by atomic mass is 9.77. The summed E-state index contributed by atoms with van der Waals surface area (Å²) in [5, 5.41) is -0.0109. The van der Waals surface area contributed by atoms with E-state index in [-0.39, 0.29) is 17.5 Å². The standard InChI is InChI=1S/C16H13ClFNO4/c1-22-15(21)12-11-4-5-16(23-11)7-19(14(20)13(12)16)8-2-3-9(17)10(18)6-8/h2-6,11-13H,7H2,1H3/t11-,12+,13-,16+/m0/s1. The van der Waals surface area contributed by atoms with Gasteiger partial charge in [-0.1, -0.05) is 23.8 Å². The number of hydrogen-bond donors (Lipinski definition) is 0. The van der Waals surface area contributed by atoms with Crippen molar-refractivity contribution >= 4 is 29.2 Å². The molecule has 3 aliphatic rings. The van der Waals surface area contributed by atoms with Crippen molar-refractivity contribution in [2.24, 2.45) is 11.8 Å². The predicted octanol–water partition coefficient (Wildman–Crippen LogP) is 1.94. The Morgan fingerprint density at radius 2 is 2.30 bits per heavy atom. The number of carbonyl (C=O) groups is 2. The molecule has 0 aromatic heterocycles. The van der Waals surface area contributed by atoms with Crippen molar-refractivity contribution in [3.8, 4) is 0 Å². The maximum absolute atomic E-state index is 13.7. The zero-order chi connectivity index (χ0) is 16.4. The summed E-state index contributed by atoms with van der Waals surface area (Å²) in [6.45, 7) is 0.234. The number of anilines is 1. The summed E-state index contributed by atoms with van der Waals surface area (Å²) in [5.74, 6) is -2.65. The second-order valence-electron chi connectivity index (χ2n) is 5.95. The molecule has 2 bridgehead atoms. The largest absolute Gasteiger partial charge is 0.469 e. The summed E-state index contributed by atoms with van der Waals surface area (Å²) in [6, 6.07) is 4.18. The second-order valence-corrected chi connectivity index (χ2v) is 6.35. The Kier molecular flexibility index (Phi) is 3.05. The minimum absolute atomic E-state index is 0.0109. The predicted molar refractivity (Wildman–Crippen MR) is 79.5 cm³/mol.